The van der Waals surface area contributed by atoms with Gasteiger partial charge in [-0.2, -0.15) is 0 Å². The minimum absolute atomic E-state index is 0.00158. The molecule has 0 aliphatic carbocycles. The molecule has 6 heteroatoms. The molecule has 0 heterocycles. The van der Waals surface area contributed by atoms with E-state index in [0.717, 1.165) is 5.69 Å². The Bertz CT molecular complexity index is 347. The maximum atomic E-state index is 8.77. The van der Waals surface area contributed by atoms with Crippen molar-refractivity contribution in [3.8, 4) is 5.75 Å². The molecule has 18 heavy (non-hydrogen) atoms. The Morgan fingerprint density at radius 2 is 1.94 bits per heavy atom. The van der Waals surface area contributed by atoms with Crippen molar-refractivity contribution in [1.82, 2.24) is 0 Å². The molecule has 0 spiro atoms. The van der Waals surface area contributed by atoms with Crippen LogP contribution in [0.25, 0.3) is 0 Å². The highest BCUT2D eigenvalue weighted by Gasteiger charge is 2.03. The predicted octanol–water partition coefficient (Wildman–Crippen LogP) is 0.0607. The molecule has 0 radical (unpaired) electrons. The van der Waals surface area contributed by atoms with Crippen LogP contribution >= 0.6 is 0 Å². The molecule has 0 saturated carbocycles. The highest BCUT2D eigenvalue weighted by molar-refractivity contribution is 5.62. The Hall–Kier alpha value is -1.50. The van der Waals surface area contributed by atoms with Crippen molar-refractivity contribution in [1.29, 1.82) is 0 Å². The average Bonchev–Trinajstić information content (AvgIpc) is 2.37. The summed E-state index contributed by atoms with van der Waals surface area (Å²) >= 11 is 0. The molecule has 0 aromatic heterocycles. The summed E-state index contributed by atoms with van der Waals surface area (Å²) in [7, 11) is 0. The van der Waals surface area contributed by atoms with Gasteiger partial charge in [0.25, 0.3) is 0 Å². The number of anilines is 2. The fraction of sp³-hybridized carbons (Fsp3) is 0.500. The van der Waals surface area contributed by atoms with Crippen LogP contribution in [0.5, 0.6) is 5.75 Å². The standard InChI is InChI=1S/C12H20N2O4/c13-10-1-2-11(14-3-4-15)12(9-10)18-8-7-17-6-5-16/h1-2,9,14-16H,3-8,13H2. The topological polar surface area (TPSA) is 97.0 Å². The van der Waals surface area contributed by atoms with Crippen LogP contribution in [-0.4, -0.2) is 49.8 Å². The van der Waals surface area contributed by atoms with Gasteiger partial charge < -0.3 is 30.7 Å². The zero-order chi connectivity index (χ0) is 13.2. The number of benzene rings is 1. The number of aliphatic hydroxyl groups is 2. The highest BCUT2D eigenvalue weighted by atomic mass is 16.5. The Kier molecular flexibility index (Phi) is 6.93. The number of nitrogen functional groups attached to an aromatic ring is 1. The molecule has 1 aromatic carbocycles. The van der Waals surface area contributed by atoms with Gasteiger partial charge in [-0.3, -0.25) is 0 Å². The van der Waals surface area contributed by atoms with Crippen LogP contribution in [0, 0.1) is 0 Å². The summed E-state index contributed by atoms with van der Waals surface area (Å²) in [6.07, 6.45) is 0. The lowest BCUT2D eigenvalue weighted by atomic mass is 10.2. The van der Waals surface area contributed by atoms with Crippen LogP contribution < -0.4 is 15.8 Å². The molecule has 0 unspecified atom stereocenters. The largest absolute Gasteiger partial charge is 0.489 e. The van der Waals surface area contributed by atoms with Gasteiger partial charge in [0.05, 0.1) is 32.1 Å². The molecule has 0 saturated heterocycles. The number of hydrogen-bond donors (Lipinski definition) is 4. The molecule has 0 bridgehead atoms. The third kappa shape index (κ3) is 5.22. The van der Waals surface area contributed by atoms with E-state index in [9.17, 15) is 0 Å². The van der Waals surface area contributed by atoms with Gasteiger partial charge in [-0.1, -0.05) is 0 Å². The van der Waals surface area contributed by atoms with Gasteiger partial charge in [-0.05, 0) is 12.1 Å². The summed E-state index contributed by atoms with van der Waals surface area (Å²) < 4.78 is 10.6. The second kappa shape index (κ2) is 8.57. The molecule has 0 aliphatic rings. The summed E-state index contributed by atoms with van der Waals surface area (Å²) in [6.45, 7) is 1.56. The number of ether oxygens (including phenoxy) is 2. The van der Waals surface area contributed by atoms with E-state index in [0.29, 0.717) is 37.8 Å². The second-order valence-electron chi connectivity index (χ2n) is 3.59. The molecule has 1 rings (SSSR count). The van der Waals surface area contributed by atoms with Gasteiger partial charge in [-0.25, -0.2) is 0 Å². The van der Waals surface area contributed by atoms with Crippen LogP contribution in [-0.2, 0) is 4.74 Å². The summed E-state index contributed by atoms with van der Waals surface area (Å²) in [6, 6.07) is 5.27. The maximum Gasteiger partial charge on any atom is 0.144 e. The average molecular weight is 256 g/mol. The summed E-state index contributed by atoms with van der Waals surface area (Å²) in [5.41, 5.74) is 7.07. The number of hydrogen-bond acceptors (Lipinski definition) is 6. The minimum Gasteiger partial charge on any atom is -0.489 e. The van der Waals surface area contributed by atoms with E-state index in [1.807, 2.05) is 0 Å². The zero-order valence-corrected chi connectivity index (χ0v) is 10.3. The Morgan fingerprint density at radius 1 is 1.11 bits per heavy atom. The Balaban J connectivity index is 2.47. The zero-order valence-electron chi connectivity index (χ0n) is 10.3. The quantitative estimate of drug-likeness (QED) is 0.368. The Labute approximate surface area is 106 Å². The monoisotopic (exact) mass is 256 g/mol. The van der Waals surface area contributed by atoms with E-state index in [-0.39, 0.29) is 13.2 Å². The van der Waals surface area contributed by atoms with E-state index in [4.69, 9.17) is 25.4 Å². The molecule has 0 fully saturated rings. The van der Waals surface area contributed by atoms with Crippen LogP contribution in [0.1, 0.15) is 0 Å². The lowest BCUT2D eigenvalue weighted by molar-refractivity contribution is 0.0707. The molecule has 102 valence electrons. The third-order valence-electron chi connectivity index (χ3n) is 2.15. The Morgan fingerprint density at radius 3 is 2.67 bits per heavy atom. The highest BCUT2D eigenvalue weighted by Crippen LogP contribution is 2.26. The van der Waals surface area contributed by atoms with Crippen LogP contribution in [0.3, 0.4) is 0 Å². The first-order chi connectivity index (χ1) is 8.77. The third-order valence-corrected chi connectivity index (χ3v) is 2.15. The van der Waals surface area contributed by atoms with Gasteiger partial charge >= 0.3 is 0 Å². The molecule has 6 nitrogen and oxygen atoms in total. The van der Waals surface area contributed by atoms with Gasteiger partial charge in [0.1, 0.15) is 12.4 Å². The fourth-order valence-corrected chi connectivity index (χ4v) is 1.37. The number of nitrogens with one attached hydrogen (secondary N) is 1. The van der Waals surface area contributed by atoms with Crippen molar-refractivity contribution in [2.24, 2.45) is 0 Å². The smallest absolute Gasteiger partial charge is 0.144 e. The first-order valence-corrected chi connectivity index (χ1v) is 5.83. The van der Waals surface area contributed by atoms with Crippen molar-refractivity contribution in [3.63, 3.8) is 0 Å². The fourth-order valence-electron chi connectivity index (χ4n) is 1.37. The van der Waals surface area contributed by atoms with Gasteiger partial charge in [0.2, 0.25) is 0 Å². The number of nitrogens with two attached hydrogens (primary N) is 1. The van der Waals surface area contributed by atoms with E-state index in [1.54, 1.807) is 18.2 Å². The summed E-state index contributed by atoms with van der Waals surface area (Å²) in [4.78, 5) is 0. The predicted molar refractivity (Wildman–Crippen MR) is 69.8 cm³/mol. The van der Waals surface area contributed by atoms with E-state index >= 15 is 0 Å². The van der Waals surface area contributed by atoms with Gasteiger partial charge in [0.15, 0.2) is 0 Å². The summed E-state index contributed by atoms with van der Waals surface area (Å²) in [5, 5.41) is 20.3. The molecular formula is C12H20N2O4. The van der Waals surface area contributed by atoms with E-state index in [1.165, 1.54) is 0 Å². The van der Waals surface area contributed by atoms with Crippen LogP contribution in [0.15, 0.2) is 18.2 Å². The normalized spacial score (nSPS) is 10.3. The van der Waals surface area contributed by atoms with Crippen LogP contribution in [0.2, 0.25) is 0 Å². The first kappa shape index (κ1) is 14.6. The van der Waals surface area contributed by atoms with Crippen molar-refractivity contribution < 1.29 is 19.7 Å². The molecule has 5 N–H and O–H groups in total. The van der Waals surface area contributed by atoms with Crippen molar-refractivity contribution in [3.05, 3.63) is 18.2 Å². The lowest BCUT2D eigenvalue weighted by Crippen LogP contribution is -2.11. The number of rotatable bonds is 9. The van der Waals surface area contributed by atoms with Crippen LogP contribution in [0.4, 0.5) is 11.4 Å². The summed E-state index contributed by atoms with van der Waals surface area (Å²) in [5.74, 6) is 0.621. The van der Waals surface area contributed by atoms with Crippen molar-refractivity contribution in [2.45, 2.75) is 0 Å². The van der Waals surface area contributed by atoms with Crippen molar-refractivity contribution in [2.75, 3.05) is 50.6 Å². The molecule has 0 atom stereocenters. The minimum atomic E-state index is 0.00158. The second-order valence-corrected chi connectivity index (χ2v) is 3.59. The lowest BCUT2D eigenvalue weighted by Gasteiger charge is -2.13. The van der Waals surface area contributed by atoms with Gasteiger partial charge in [0, 0.05) is 18.3 Å². The molecule has 1 aromatic rings. The number of aliphatic hydroxyl groups excluding tert-OH is 2. The van der Waals surface area contributed by atoms with E-state index < -0.39 is 0 Å². The molecule has 0 aliphatic heterocycles. The maximum absolute atomic E-state index is 8.77. The molecule has 0 amide bonds. The van der Waals surface area contributed by atoms with Crippen molar-refractivity contribution >= 4 is 11.4 Å². The molecular weight excluding hydrogens is 236 g/mol. The SMILES string of the molecule is Nc1ccc(NCCO)c(OCCOCCO)c1. The van der Waals surface area contributed by atoms with E-state index in [2.05, 4.69) is 5.32 Å². The van der Waals surface area contributed by atoms with Gasteiger partial charge in [-0.15, -0.1) is 0 Å². The first-order valence-electron chi connectivity index (χ1n) is 5.83.